The van der Waals surface area contributed by atoms with Gasteiger partial charge < -0.3 is 10.1 Å². The van der Waals surface area contributed by atoms with E-state index >= 15 is 0 Å². The van der Waals surface area contributed by atoms with Crippen molar-refractivity contribution in [3.05, 3.63) is 59.2 Å². The molecule has 0 spiro atoms. The number of para-hydroxylation sites is 1. The molecule has 0 saturated carbocycles. The molecule has 0 heterocycles. The third kappa shape index (κ3) is 5.38. The van der Waals surface area contributed by atoms with Crippen molar-refractivity contribution in [2.45, 2.75) is 40.2 Å². The Bertz CT molecular complexity index is 1030. The second kappa shape index (κ2) is 9.75. The van der Waals surface area contributed by atoms with E-state index in [2.05, 4.69) is 5.32 Å². The SMILES string of the molecule is CCOC(=O)c1ccccc1NC(=O)C(CC)N(c1cc(C)ccc1C)S(C)(=O)=O. The van der Waals surface area contributed by atoms with E-state index in [0.29, 0.717) is 5.69 Å². The largest absolute Gasteiger partial charge is 0.462 e. The number of benzene rings is 2. The Labute approximate surface area is 178 Å². The van der Waals surface area contributed by atoms with Crippen LogP contribution >= 0.6 is 0 Å². The minimum absolute atomic E-state index is 0.202. The maximum absolute atomic E-state index is 13.2. The van der Waals surface area contributed by atoms with E-state index in [1.807, 2.05) is 19.1 Å². The van der Waals surface area contributed by atoms with Crippen LogP contribution in [-0.4, -0.2) is 39.2 Å². The normalized spacial score (nSPS) is 12.2. The molecule has 0 radical (unpaired) electrons. The average Bonchev–Trinajstić information content (AvgIpc) is 2.67. The van der Waals surface area contributed by atoms with E-state index in [0.717, 1.165) is 21.7 Å². The number of nitrogens with one attached hydrogen (secondary N) is 1. The molecule has 2 rings (SSSR count). The highest BCUT2D eigenvalue weighted by Crippen LogP contribution is 2.28. The van der Waals surface area contributed by atoms with Crippen LogP contribution in [0.3, 0.4) is 0 Å². The number of carbonyl (C=O) groups is 2. The highest BCUT2D eigenvalue weighted by atomic mass is 32.2. The number of nitrogens with zero attached hydrogens (tertiary/aromatic N) is 1. The highest BCUT2D eigenvalue weighted by Gasteiger charge is 2.33. The first-order valence-electron chi connectivity index (χ1n) is 9.73. The summed E-state index contributed by atoms with van der Waals surface area (Å²) in [6, 6.07) is 10.9. The summed E-state index contributed by atoms with van der Waals surface area (Å²) in [5.74, 6) is -1.09. The zero-order valence-corrected chi connectivity index (χ0v) is 18.7. The molecule has 1 N–H and O–H groups in total. The van der Waals surface area contributed by atoms with Crippen LogP contribution in [0.15, 0.2) is 42.5 Å². The number of esters is 1. The molecule has 0 aliphatic carbocycles. The van der Waals surface area contributed by atoms with Crippen molar-refractivity contribution in [1.82, 2.24) is 0 Å². The molecule has 30 heavy (non-hydrogen) atoms. The third-order valence-electron chi connectivity index (χ3n) is 4.61. The van der Waals surface area contributed by atoms with Gasteiger partial charge in [0, 0.05) is 0 Å². The van der Waals surface area contributed by atoms with Crippen LogP contribution in [0.25, 0.3) is 0 Å². The molecule has 162 valence electrons. The molecule has 8 heteroatoms. The highest BCUT2D eigenvalue weighted by molar-refractivity contribution is 7.92. The smallest absolute Gasteiger partial charge is 0.340 e. The number of sulfonamides is 1. The molecule has 0 aliphatic heterocycles. The number of anilines is 2. The Morgan fingerprint density at radius 2 is 1.77 bits per heavy atom. The Kier molecular flexibility index (Phi) is 7.61. The number of amides is 1. The summed E-state index contributed by atoms with van der Waals surface area (Å²) in [6.45, 7) is 7.30. The first-order chi connectivity index (χ1) is 14.1. The number of rotatable bonds is 8. The molecule has 0 bridgehead atoms. The average molecular weight is 433 g/mol. The molecule has 1 unspecified atom stereocenters. The number of ether oxygens (including phenoxy) is 1. The number of hydrogen-bond acceptors (Lipinski definition) is 5. The van der Waals surface area contributed by atoms with Gasteiger partial charge in [0.1, 0.15) is 6.04 Å². The van der Waals surface area contributed by atoms with Crippen LogP contribution in [0.2, 0.25) is 0 Å². The van der Waals surface area contributed by atoms with Crippen molar-refractivity contribution in [2.24, 2.45) is 0 Å². The van der Waals surface area contributed by atoms with E-state index in [4.69, 9.17) is 4.74 Å². The van der Waals surface area contributed by atoms with Crippen molar-refractivity contribution in [1.29, 1.82) is 0 Å². The van der Waals surface area contributed by atoms with E-state index in [-0.39, 0.29) is 24.3 Å². The molecule has 1 atom stereocenters. The summed E-state index contributed by atoms with van der Waals surface area (Å²) >= 11 is 0. The predicted molar refractivity (Wildman–Crippen MR) is 118 cm³/mol. The van der Waals surface area contributed by atoms with Gasteiger partial charge in [0.2, 0.25) is 15.9 Å². The molecule has 0 aromatic heterocycles. The van der Waals surface area contributed by atoms with E-state index in [1.54, 1.807) is 51.1 Å². The van der Waals surface area contributed by atoms with Gasteiger partial charge >= 0.3 is 5.97 Å². The summed E-state index contributed by atoms with van der Waals surface area (Å²) in [6.07, 6.45) is 1.32. The molecule has 2 aromatic rings. The fraction of sp³-hybridized carbons (Fsp3) is 0.364. The Hall–Kier alpha value is -2.87. The Balaban J connectivity index is 2.46. The lowest BCUT2D eigenvalue weighted by Gasteiger charge is -2.31. The summed E-state index contributed by atoms with van der Waals surface area (Å²) < 4.78 is 31.6. The monoisotopic (exact) mass is 432 g/mol. The molecular formula is C22H28N2O5S. The third-order valence-corrected chi connectivity index (χ3v) is 5.78. The summed E-state index contributed by atoms with van der Waals surface area (Å²) in [7, 11) is -3.76. The van der Waals surface area contributed by atoms with Gasteiger partial charge in [0.05, 0.1) is 29.8 Å². The standard InChI is InChI=1S/C22H28N2O5S/c1-6-19(24(30(5,27)28)20-14-15(3)12-13-16(20)4)21(25)23-18-11-9-8-10-17(18)22(26)29-7-2/h8-14,19H,6-7H2,1-5H3,(H,23,25). The van der Waals surface area contributed by atoms with Crippen LogP contribution in [0, 0.1) is 13.8 Å². The minimum Gasteiger partial charge on any atom is -0.462 e. The minimum atomic E-state index is -3.76. The van der Waals surface area contributed by atoms with Crippen molar-refractivity contribution < 1.29 is 22.7 Å². The lowest BCUT2D eigenvalue weighted by molar-refractivity contribution is -0.117. The number of hydrogen-bond donors (Lipinski definition) is 1. The molecule has 0 saturated heterocycles. The van der Waals surface area contributed by atoms with E-state index in [9.17, 15) is 18.0 Å². The predicted octanol–water partition coefficient (Wildman–Crippen LogP) is 3.66. The van der Waals surface area contributed by atoms with Crippen LogP contribution in [0.1, 0.15) is 41.8 Å². The topological polar surface area (TPSA) is 92.8 Å². The van der Waals surface area contributed by atoms with Crippen molar-refractivity contribution in [3.8, 4) is 0 Å². The van der Waals surface area contributed by atoms with Gasteiger partial charge in [-0.05, 0) is 56.5 Å². The van der Waals surface area contributed by atoms with Gasteiger partial charge in [-0.1, -0.05) is 31.2 Å². The van der Waals surface area contributed by atoms with Crippen LogP contribution < -0.4 is 9.62 Å². The maximum atomic E-state index is 13.2. The van der Waals surface area contributed by atoms with Gasteiger partial charge in [-0.25, -0.2) is 13.2 Å². The maximum Gasteiger partial charge on any atom is 0.340 e. The van der Waals surface area contributed by atoms with Gasteiger partial charge in [0.25, 0.3) is 0 Å². The molecule has 2 aromatic carbocycles. The van der Waals surface area contributed by atoms with Gasteiger partial charge in [0.15, 0.2) is 0 Å². The van der Waals surface area contributed by atoms with E-state index in [1.165, 1.54) is 0 Å². The van der Waals surface area contributed by atoms with Crippen LogP contribution in [0.5, 0.6) is 0 Å². The summed E-state index contributed by atoms with van der Waals surface area (Å²) in [4.78, 5) is 25.4. The van der Waals surface area contributed by atoms with Gasteiger partial charge in [-0.15, -0.1) is 0 Å². The fourth-order valence-corrected chi connectivity index (χ4v) is 4.45. The zero-order chi connectivity index (χ0) is 22.5. The first kappa shape index (κ1) is 23.4. The molecule has 1 amide bonds. The Morgan fingerprint density at radius 3 is 2.37 bits per heavy atom. The summed E-state index contributed by atoms with van der Waals surface area (Å²) in [5, 5.41) is 2.71. The summed E-state index contributed by atoms with van der Waals surface area (Å²) in [5.41, 5.74) is 2.56. The zero-order valence-electron chi connectivity index (χ0n) is 17.9. The first-order valence-corrected chi connectivity index (χ1v) is 11.6. The lowest BCUT2D eigenvalue weighted by Crippen LogP contribution is -2.47. The molecular weight excluding hydrogens is 404 g/mol. The van der Waals surface area contributed by atoms with Gasteiger partial charge in [-0.3, -0.25) is 9.10 Å². The van der Waals surface area contributed by atoms with Gasteiger partial charge in [-0.2, -0.15) is 0 Å². The van der Waals surface area contributed by atoms with Crippen molar-refractivity contribution in [2.75, 3.05) is 22.5 Å². The fourth-order valence-electron chi connectivity index (χ4n) is 3.19. The number of carbonyl (C=O) groups excluding carboxylic acids is 2. The van der Waals surface area contributed by atoms with Crippen molar-refractivity contribution in [3.63, 3.8) is 0 Å². The molecule has 0 fully saturated rings. The Morgan fingerprint density at radius 1 is 1.10 bits per heavy atom. The second-order valence-electron chi connectivity index (χ2n) is 7.03. The van der Waals surface area contributed by atoms with Crippen molar-refractivity contribution >= 4 is 33.3 Å². The van der Waals surface area contributed by atoms with E-state index < -0.39 is 27.9 Å². The second-order valence-corrected chi connectivity index (χ2v) is 8.89. The van der Waals surface area contributed by atoms with Crippen LogP contribution in [0.4, 0.5) is 11.4 Å². The molecule has 7 nitrogen and oxygen atoms in total. The van der Waals surface area contributed by atoms with Crippen LogP contribution in [-0.2, 0) is 19.6 Å². The lowest BCUT2D eigenvalue weighted by atomic mass is 10.1. The molecule has 0 aliphatic rings. The quantitative estimate of drug-likeness (QED) is 0.643. The number of aryl methyl sites for hydroxylation is 2.